The molecular formula is C29H48O. The Hall–Kier alpha value is -0.560. The Morgan fingerprint density at radius 3 is 2.53 bits per heavy atom. The van der Waals surface area contributed by atoms with E-state index in [1.165, 1.54) is 51.4 Å². The maximum Gasteiger partial charge on any atom is 0.0577 e. The molecule has 0 bridgehead atoms. The number of hydrogen-bond donors (Lipinski definition) is 1. The highest BCUT2D eigenvalue weighted by atomic mass is 16.3. The molecule has 1 N–H and O–H groups in total. The summed E-state index contributed by atoms with van der Waals surface area (Å²) in [5, 5.41) is 10.2. The van der Waals surface area contributed by atoms with Gasteiger partial charge in [-0.1, -0.05) is 52.3 Å². The lowest BCUT2D eigenvalue weighted by atomic mass is 9.47. The first-order valence-electron chi connectivity index (χ1n) is 13.2. The maximum absolute atomic E-state index is 10.2. The second-order valence-corrected chi connectivity index (χ2v) is 12.6. The Bertz CT molecular complexity index is 661. The monoisotopic (exact) mass is 412 g/mol. The van der Waals surface area contributed by atoms with Gasteiger partial charge in [-0.15, -0.1) is 6.58 Å². The summed E-state index contributed by atoms with van der Waals surface area (Å²) in [6, 6.07) is 0. The Balaban J connectivity index is 1.48. The normalized spacial score (nSPS) is 45.2. The smallest absolute Gasteiger partial charge is 0.0577 e. The average Bonchev–Trinajstić information content (AvgIpc) is 3.06. The summed E-state index contributed by atoms with van der Waals surface area (Å²) in [5.41, 5.74) is 2.54. The first-order chi connectivity index (χ1) is 14.2. The Morgan fingerprint density at radius 1 is 1.07 bits per heavy atom. The summed E-state index contributed by atoms with van der Waals surface area (Å²) >= 11 is 0. The van der Waals surface area contributed by atoms with Gasteiger partial charge in [0, 0.05) is 0 Å². The van der Waals surface area contributed by atoms with Gasteiger partial charge >= 0.3 is 0 Å². The van der Waals surface area contributed by atoms with Gasteiger partial charge in [-0.2, -0.15) is 0 Å². The van der Waals surface area contributed by atoms with E-state index in [0.717, 1.165) is 48.3 Å². The number of aliphatic hydroxyl groups excluding tert-OH is 1. The topological polar surface area (TPSA) is 20.2 Å². The van der Waals surface area contributed by atoms with Crippen molar-refractivity contribution in [3.63, 3.8) is 0 Å². The van der Waals surface area contributed by atoms with E-state index in [1.807, 2.05) is 0 Å². The molecule has 4 rings (SSSR count). The zero-order valence-corrected chi connectivity index (χ0v) is 20.5. The average molecular weight is 413 g/mol. The molecule has 0 spiro atoms. The van der Waals surface area contributed by atoms with Gasteiger partial charge in [-0.05, 0) is 116 Å². The molecule has 3 saturated carbocycles. The molecular weight excluding hydrogens is 364 g/mol. The van der Waals surface area contributed by atoms with Crippen LogP contribution in [0.5, 0.6) is 0 Å². The zero-order chi connectivity index (χ0) is 21.7. The Labute approximate surface area is 186 Å². The summed E-state index contributed by atoms with van der Waals surface area (Å²) in [7, 11) is 0. The highest BCUT2D eigenvalue weighted by Crippen LogP contribution is 2.67. The molecule has 9 unspecified atom stereocenters. The lowest BCUT2D eigenvalue weighted by Gasteiger charge is -2.58. The molecule has 0 radical (unpaired) electrons. The second kappa shape index (κ2) is 8.42. The van der Waals surface area contributed by atoms with Crippen molar-refractivity contribution in [2.75, 3.05) is 0 Å². The van der Waals surface area contributed by atoms with E-state index < -0.39 is 0 Å². The molecule has 0 amide bonds. The SMILES string of the molecule is C=CC(CCC(C)C1CCC2C3CC=C4CC(O)CCC4(C)C3CCC12C)C(C)C. The van der Waals surface area contributed by atoms with Crippen LogP contribution >= 0.6 is 0 Å². The van der Waals surface area contributed by atoms with Crippen molar-refractivity contribution >= 4 is 0 Å². The minimum Gasteiger partial charge on any atom is -0.393 e. The van der Waals surface area contributed by atoms with E-state index in [0.29, 0.717) is 16.7 Å². The van der Waals surface area contributed by atoms with Crippen LogP contribution < -0.4 is 0 Å². The number of allylic oxidation sites excluding steroid dienone is 2. The van der Waals surface area contributed by atoms with E-state index in [4.69, 9.17) is 0 Å². The molecule has 0 aromatic carbocycles. The molecule has 0 heterocycles. The fraction of sp³-hybridized carbons (Fsp3) is 0.862. The largest absolute Gasteiger partial charge is 0.393 e. The molecule has 0 aromatic rings. The summed E-state index contributed by atoms with van der Waals surface area (Å²) < 4.78 is 0. The van der Waals surface area contributed by atoms with Crippen LogP contribution in [0.3, 0.4) is 0 Å². The van der Waals surface area contributed by atoms with Gasteiger partial charge in [0.2, 0.25) is 0 Å². The van der Waals surface area contributed by atoms with Gasteiger partial charge < -0.3 is 5.11 Å². The van der Waals surface area contributed by atoms with Crippen molar-refractivity contribution in [2.24, 2.45) is 52.3 Å². The number of hydrogen-bond acceptors (Lipinski definition) is 1. The minimum absolute atomic E-state index is 0.0864. The predicted molar refractivity (Wildman–Crippen MR) is 128 cm³/mol. The van der Waals surface area contributed by atoms with Crippen LogP contribution in [-0.2, 0) is 0 Å². The molecule has 0 aromatic heterocycles. The highest BCUT2D eigenvalue weighted by Gasteiger charge is 2.59. The van der Waals surface area contributed by atoms with Crippen LogP contribution in [-0.4, -0.2) is 11.2 Å². The second-order valence-electron chi connectivity index (χ2n) is 12.6. The van der Waals surface area contributed by atoms with Crippen molar-refractivity contribution in [2.45, 2.75) is 105 Å². The van der Waals surface area contributed by atoms with Crippen molar-refractivity contribution in [1.29, 1.82) is 0 Å². The third-order valence-electron chi connectivity index (χ3n) is 11.0. The molecule has 3 fully saturated rings. The zero-order valence-electron chi connectivity index (χ0n) is 20.5. The molecule has 170 valence electrons. The lowest BCUT2D eigenvalue weighted by molar-refractivity contribution is -0.0574. The van der Waals surface area contributed by atoms with Crippen LogP contribution in [0, 0.1) is 52.3 Å². The number of aliphatic hydroxyl groups is 1. The molecule has 30 heavy (non-hydrogen) atoms. The van der Waals surface area contributed by atoms with Gasteiger partial charge in [0.05, 0.1) is 6.10 Å². The fourth-order valence-corrected chi connectivity index (χ4v) is 9.00. The predicted octanol–water partition coefficient (Wildman–Crippen LogP) is 7.80. The number of rotatable bonds is 6. The van der Waals surface area contributed by atoms with Crippen molar-refractivity contribution in [3.8, 4) is 0 Å². The van der Waals surface area contributed by atoms with Crippen LogP contribution in [0.2, 0.25) is 0 Å². The van der Waals surface area contributed by atoms with Crippen molar-refractivity contribution in [3.05, 3.63) is 24.3 Å². The summed E-state index contributed by atoms with van der Waals surface area (Å²) in [5.74, 6) is 5.82. The van der Waals surface area contributed by atoms with Crippen LogP contribution in [0.25, 0.3) is 0 Å². The minimum atomic E-state index is -0.0864. The van der Waals surface area contributed by atoms with E-state index >= 15 is 0 Å². The Morgan fingerprint density at radius 2 is 1.83 bits per heavy atom. The van der Waals surface area contributed by atoms with E-state index in [1.54, 1.807) is 5.57 Å². The Kier molecular flexibility index (Phi) is 6.35. The van der Waals surface area contributed by atoms with Gasteiger partial charge in [0.1, 0.15) is 0 Å². The first kappa shape index (κ1) is 22.6. The summed E-state index contributed by atoms with van der Waals surface area (Å²) in [6.07, 6.45) is 17.6. The molecule has 4 aliphatic carbocycles. The third-order valence-corrected chi connectivity index (χ3v) is 11.0. The van der Waals surface area contributed by atoms with Crippen molar-refractivity contribution in [1.82, 2.24) is 0 Å². The molecule has 0 aliphatic heterocycles. The lowest BCUT2D eigenvalue weighted by Crippen LogP contribution is -2.50. The summed E-state index contributed by atoms with van der Waals surface area (Å²) in [6.45, 7) is 16.6. The van der Waals surface area contributed by atoms with Crippen molar-refractivity contribution < 1.29 is 5.11 Å². The molecule has 9 atom stereocenters. The van der Waals surface area contributed by atoms with E-state index in [-0.39, 0.29) is 6.10 Å². The molecule has 0 saturated heterocycles. The summed E-state index contributed by atoms with van der Waals surface area (Å²) in [4.78, 5) is 0. The van der Waals surface area contributed by atoms with Crippen LogP contribution in [0.15, 0.2) is 24.3 Å². The van der Waals surface area contributed by atoms with E-state index in [9.17, 15) is 5.11 Å². The van der Waals surface area contributed by atoms with Gasteiger partial charge in [0.25, 0.3) is 0 Å². The molecule has 1 heteroatoms. The highest BCUT2D eigenvalue weighted by molar-refractivity contribution is 5.25. The maximum atomic E-state index is 10.2. The van der Waals surface area contributed by atoms with Crippen LogP contribution in [0.4, 0.5) is 0 Å². The quantitative estimate of drug-likeness (QED) is 0.441. The fourth-order valence-electron chi connectivity index (χ4n) is 9.00. The molecule has 4 aliphatic rings. The van der Waals surface area contributed by atoms with Gasteiger partial charge in [0.15, 0.2) is 0 Å². The molecule has 1 nitrogen and oxygen atoms in total. The van der Waals surface area contributed by atoms with Gasteiger partial charge in [-0.25, -0.2) is 0 Å². The standard InChI is InChI=1S/C29H48O/c1-7-21(19(2)3)9-8-20(4)25-12-13-26-24-11-10-22-18-23(30)14-16-28(22,5)27(24)15-17-29(25,26)6/h7,10,19-21,23-27,30H,1,8-9,11-18H2,2-6H3. The van der Waals surface area contributed by atoms with E-state index in [2.05, 4.69) is 53.3 Å². The number of fused-ring (bicyclic) bond motifs is 5. The van der Waals surface area contributed by atoms with Crippen LogP contribution in [0.1, 0.15) is 98.8 Å². The van der Waals surface area contributed by atoms with Gasteiger partial charge in [-0.3, -0.25) is 0 Å². The first-order valence-corrected chi connectivity index (χ1v) is 13.2. The third kappa shape index (κ3) is 3.66.